The van der Waals surface area contributed by atoms with E-state index in [2.05, 4.69) is 26.1 Å². The van der Waals surface area contributed by atoms with E-state index in [1.807, 2.05) is 4.90 Å². The van der Waals surface area contributed by atoms with Crippen LogP contribution in [0.25, 0.3) is 6.08 Å². The van der Waals surface area contributed by atoms with Crippen LogP contribution < -0.4 is 4.90 Å². The second-order valence-corrected chi connectivity index (χ2v) is 6.75. The number of carboxylic acid groups (broad SMARTS) is 1. The Morgan fingerprint density at radius 3 is 2.75 bits per heavy atom. The molecular formula is C14H14BrN3O5S. The number of halogens is 1. The number of aliphatic carboxylic acids is 1. The third kappa shape index (κ3) is 4.00. The third-order valence-corrected chi connectivity index (χ3v) is 4.60. The van der Waals surface area contributed by atoms with E-state index in [1.54, 1.807) is 13.0 Å². The number of furan rings is 1. The number of thioether (sulfide) groups is 1. The maximum absolute atomic E-state index is 11.4. The first-order valence-electron chi connectivity index (χ1n) is 7.08. The summed E-state index contributed by atoms with van der Waals surface area (Å²) in [6, 6.07) is 1.73. The van der Waals surface area contributed by atoms with Crippen LogP contribution in [0.4, 0.5) is 5.88 Å². The Bertz CT molecular complexity index is 766. The molecule has 1 fully saturated rings. The second-order valence-electron chi connectivity index (χ2n) is 4.90. The van der Waals surface area contributed by atoms with Crippen molar-refractivity contribution in [3.63, 3.8) is 0 Å². The number of ether oxygens (including phenoxy) is 1. The topological polar surface area (TPSA) is 102 Å². The van der Waals surface area contributed by atoms with Gasteiger partial charge in [0.15, 0.2) is 0 Å². The van der Waals surface area contributed by atoms with Gasteiger partial charge in [-0.05, 0) is 27.7 Å². The van der Waals surface area contributed by atoms with E-state index in [1.165, 1.54) is 6.08 Å². The summed E-state index contributed by atoms with van der Waals surface area (Å²) in [4.78, 5) is 13.5. The van der Waals surface area contributed by atoms with Crippen molar-refractivity contribution in [3.8, 4) is 0 Å². The van der Waals surface area contributed by atoms with Gasteiger partial charge in [0.25, 0.3) is 5.22 Å². The summed E-state index contributed by atoms with van der Waals surface area (Å²) in [5, 5.41) is 17.0. The molecule has 8 nitrogen and oxygen atoms in total. The Labute approximate surface area is 150 Å². The smallest absolute Gasteiger partial charge is 0.342 e. The minimum Gasteiger partial charge on any atom is -0.477 e. The van der Waals surface area contributed by atoms with Crippen LogP contribution in [0, 0.1) is 6.92 Å². The zero-order valence-corrected chi connectivity index (χ0v) is 15.1. The summed E-state index contributed by atoms with van der Waals surface area (Å²) in [5.41, 5.74) is 0. The molecule has 0 bridgehead atoms. The number of aromatic nitrogens is 2. The fraction of sp³-hybridized carbons (Fsp3) is 0.357. The fourth-order valence-corrected chi connectivity index (χ4v) is 3.36. The molecule has 0 saturated carbocycles. The number of anilines is 1. The molecule has 0 aromatic carbocycles. The highest BCUT2D eigenvalue weighted by atomic mass is 79.9. The largest absolute Gasteiger partial charge is 0.477 e. The first-order chi connectivity index (χ1) is 11.5. The van der Waals surface area contributed by atoms with E-state index >= 15 is 0 Å². The van der Waals surface area contributed by atoms with Crippen LogP contribution >= 0.6 is 27.7 Å². The number of aryl methyl sites for hydroxylation is 1. The van der Waals surface area contributed by atoms with Crippen molar-refractivity contribution in [1.82, 2.24) is 10.2 Å². The van der Waals surface area contributed by atoms with Gasteiger partial charge in [0.1, 0.15) is 10.7 Å². The van der Waals surface area contributed by atoms with E-state index in [4.69, 9.17) is 13.6 Å². The summed E-state index contributed by atoms with van der Waals surface area (Å²) in [6.45, 7) is 4.34. The van der Waals surface area contributed by atoms with Crippen LogP contribution in [0.2, 0.25) is 0 Å². The SMILES string of the molecule is Cc1nnc(S/C(=C\c2cc(Br)c(N3CCOCC3)o2)C(=O)O)o1. The van der Waals surface area contributed by atoms with Gasteiger partial charge in [-0.1, -0.05) is 0 Å². The van der Waals surface area contributed by atoms with Crippen LogP contribution in [-0.2, 0) is 9.53 Å². The summed E-state index contributed by atoms with van der Waals surface area (Å²) in [6.07, 6.45) is 1.43. The van der Waals surface area contributed by atoms with E-state index in [-0.39, 0.29) is 10.1 Å². The van der Waals surface area contributed by atoms with Gasteiger partial charge in [-0.2, -0.15) is 0 Å². The van der Waals surface area contributed by atoms with Crippen molar-refractivity contribution < 1.29 is 23.5 Å². The Hall–Kier alpha value is -1.78. The molecule has 1 aliphatic rings. The summed E-state index contributed by atoms with van der Waals surface area (Å²) in [5.74, 6) is 0.353. The molecule has 128 valence electrons. The van der Waals surface area contributed by atoms with Crippen molar-refractivity contribution in [2.24, 2.45) is 0 Å². The molecule has 1 aliphatic heterocycles. The maximum atomic E-state index is 11.4. The molecule has 10 heteroatoms. The van der Waals surface area contributed by atoms with Gasteiger partial charge in [0, 0.05) is 32.2 Å². The van der Waals surface area contributed by atoms with Crippen molar-refractivity contribution in [2.75, 3.05) is 31.2 Å². The summed E-state index contributed by atoms with van der Waals surface area (Å²) in [7, 11) is 0. The third-order valence-electron chi connectivity index (χ3n) is 3.18. The van der Waals surface area contributed by atoms with Gasteiger partial charge < -0.3 is 23.6 Å². The standard InChI is InChI=1S/C14H14BrN3O5S/c1-8-16-17-14(22-8)24-11(13(19)20)7-9-6-10(15)12(23-9)18-2-4-21-5-3-18/h6-7H,2-5H2,1H3,(H,19,20)/b11-7-. The van der Waals surface area contributed by atoms with Gasteiger partial charge >= 0.3 is 5.97 Å². The number of hydrogen-bond acceptors (Lipinski definition) is 8. The highest BCUT2D eigenvalue weighted by molar-refractivity contribution is 9.10. The lowest BCUT2D eigenvalue weighted by Gasteiger charge is -2.26. The predicted octanol–water partition coefficient (Wildman–Crippen LogP) is 2.79. The van der Waals surface area contributed by atoms with Crippen LogP contribution in [0.1, 0.15) is 11.7 Å². The van der Waals surface area contributed by atoms with Gasteiger partial charge in [-0.3, -0.25) is 0 Å². The van der Waals surface area contributed by atoms with Crippen molar-refractivity contribution in [1.29, 1.82) is 0 Å². The molecule has 1 saturated heterocycles. The number of carbonyl (C=O) groups is 1. The molecule has 0 radical (unpaired) electrons. The molecule has 2 aromatic heterocycles. The molecule has 2 aromatic rings. The van der Waals surface area contributed by atoms with Gasteiger partial charge in [0.05, 0.1) is 17.7 Å². The van der Waals surface area contributed by atoms with Gasteiger partial charge in [0.2, 0.25) is 11.8 Å². The molecule has 0 unspecified atom stereocenters. The van der Waals surface area contributed by atoms with Crippen molar-refractivity contribution in [2.45, 2.75) is 12.1 Å². The minimum atomic E-state index is -1.10. The summed E-state index contributed by atoms with van der Waals surface area (Å²) >= 11 is 4.32. The van der Waals surface area contributed by atoms with Crippen LogP contribution in [0.15, 0.2) is 29.5 Å². The lowest BCUT2D eigenvalue weighted by atomic mass is 10.4. The zero-order chi connectivity index (χ0) is 17.1. The highest BCUT2D eigenvalue weighted by Crippen LogP contribution is 2.34. The van der Waals surface area contributed by atoms with Crippen molar-refractivity contribution in [3.05, 3.63) is 27.1 Å². The highest BCUT2D eigenvalue weighted by Gasteiger charge is 2.20. The lowest BCUT2D eigenvalue weighted by molar-refractivity contribution is -0.131. The zero-order valence-electron chi connectivity index (χ0n) is 12.7. The van der Waals surface area contributed by atoms with Crippen molar-refractivity contribution >= 4 is 45.6 Å². The number of rotatable bonds is 5. The Morgan fingerprint density at radius 1 is 1.38 bits per heavy atom. The van der Waals surface area contributed by atoms with Crippen LogP contribution in [0.5, 0.6) is 0 Å². The second kappa shape index (κ2) is 7.41. The quantitative estimate of drug-likeness (QED) is 0.582. The van der Waals surface area contributed by atoms with E-state index in [0.29, 0.717) is 30.7 Å². The van der Waals surface area contributed by atoms with E-state index in [0.717, 1.165) is 29.3 Å². The first-order valence-corrected chi connectivity index (χ1v) is 8.69. The number of nitrogens with zero attached hydrogens (tertiary/aromatic N) is 3. The number of hydrogen-bond donors (Lipinski definition) is 1. The Morgan fingerprint density at radius 2 is 2.12 bits per heavy atom. The molecule has 0 spiro atoms. The maximum Gasteiger partial charge on any atom is 0.342 e. The predicted molar refractivity (Wildman–Crippen MR) is 89.9 cm³/mol. The molecule has 24 heavy (non-hydrogen) atoms. The fourth-order valence-electron chi connectivity index (χ4n) is 2.11. The molecule has 3 heterocycles. The normalized spacial score (nSPS) is 15.8. The van der Waals surface area contributed by atoms with E-state index < -0.39 is 5.97 Å². The lowest BCUT2D eigenvalue weighted by Crippen LogP contribution is -2.36. The Kier molecular flexibility index (Phi) is 5.27. The van der Waals surface area contributed by atoms with Crippen LogP contribution in [0.3, 0.4) is 0 Å². The number of morpholine rings is 1. The number of carboxylic acids is 1. The minimum absolute atomic E-state index is 0.0217. The average molecular weight is 416 g/mol. The first kappa shape index (κ1) is 17.1. The molecular weight excluding hydrogens is 402 g/mol. The molecule has 1 N–H and O–H groups in total. The van der Waals surface area contributed by atoms with Gasteiger partial charge in [-0.25, -0.2) is 4.79 Å². The average Bonchev–Trinajstić information content (AvgIpc) is 3.13. The monoisotopic (exact) mass is 415 g/mol. The molecule has 3 rings (SSSR count). The van der Waals surface area contributed by atoms with Gasteiger partial charge in [-0.15, -0.1) is 10.2 Å². The van der Waals surface area contributed by atoms with Crippen LogP contribution in [-0.4, -0.2) is 47.6 Å². The summed E-state index contributed by atoms with van der Waals surface area (Å²) < 4.78 is 17.1. The molecule has 0 amide bonds. The molecule has 0 atom stereocenters. The Balaban J connectivity index is 1.83. The molecule has 0 aliphatic carbocycles. The van der Waals surface area contributed by atoms with E-state index in [9.17, 15) is 9.90 Å².